The fraction of sp³-hybridized carbons (Fsp3) is 0.435. The van der Waals surface area contributed by atoms with E-state index in [0.717, 1.165) is 16.9 Å². The number of hydrogen-bond acceptors (Lipinski definition) is 8. The Labute approximate surface area is 195 Å². The fourth-order valence-corrected chi connectivity index (χ4v) is 4.36. The van der Waals surface area contributed by atoms with Crippen LogP contribution in [0, 0.1) is 0 Å². The minimum atomic E-state index is -0.569. The van der Waals surface area contributed by atoms with Crippen molar-refractivity contribution in [1.29, 1.82) is 0 Å². The van der Waals surface area contributed by atoms with E-state index in [2.05, 4.69) is 0 Å². The lowest BCUT2D eigenvalue weighted by Gasteiger charge is -2.26. The van der Waals surface area contributed by atoms with Crippen molar-refractivity contribution in [3.05, 3.63) is 43.3 Å². The fourth-order valence-electron chi connectivity index (χ4n) is 3.33. The first-order valence-electron chi connectivity index (χ1n) is 10.7. The highest BCUT2D eigenvalue weighted by molar-refractivity contribution is 7.07. The minimum Gasteiger partial charge on any atom is -0.493 e. The number of amides is 1. The second-order valence-corrected chi connectivity index (χ2v) is 8.14. The lowest BCUT2D eigenvalue weighted by Crippen LogP contribution is -2.45. The molecule has 1 amide bonds. The van der Waals surface area contributed by atoms with Gasteiger partial charge in [-0.15, -0.1) is 11.3 Å². The first-order valence-corrected chi connectivity index (χ1v) is 11.5. The number of esters is 1. The maximum absolute atomic E-state index is 13.2. The molecule has 0 spiro atoms. The van der Waals surface area contributed by atoms with Crippen LogP contribution in [0.25, 0.3) is 12.2 Å². The van der Waals surface area contributed by atoms with Gasteiger partial charge in [-0.2, -0.15) is 0 Å². The van der Waals surface area contributed by atoms with E-state index in [0.29, 0.717) is 53.6 Å². The minimum absolute atomic E-state index is 0.165. The van der Waals surface area contributed by atoms with E-state index in [9.17, 15) is 14.4 Å². The Morgan fingerprint density at radius 3 is 2.58 bits per heavy atom. The standard InChI is InChI=1S/C23H28N2O7S/c1-4-31-18-12-16(6-7-17(18)29-3)13-19-23(28)25(21(33-19)14-22(27)32-5-2)15-20(26)24-8-10-30-11-9-24/h6-7,12-14H,4-5,8-11,15H2,1-3H3/b19-13+,21-14-. The van der Waals surface area contributed by atoms with E-state index in [1.807, 2.05) is 6.92 Å². The lowest BCUT2D eigenvalue weighted by molar-refractivity contribution is -0.136. The Kier molecular flexibility index (Phi) is 8.67. The molecule has 0 aliphatic carbocycles. The predicted octanol–water partition coefficient (Wildman–Crippen LogP) is 0.348. The summed E-state index contributed by atoms with van der Waals surface area (Å²) in [4.78, 5) is 39.7. The van der Waals surface area contributed by atoms with Crippen molar-refractivity contribution in [2.75, 3.05) is 46.6 Å². The molecule has 3 rings (SSSR count). The predicted molar refractivity (Wildman–Crippen MR) is 124 cm³/mol. The quantitative estimate of drug-likeness (QED) is 0.507. The molecule has 1 aliphatic heterocycles. The normalized spacial score (nSPS) is 14.9. The van der Waals surface area contributed by atoms with E-state index < -0.39 is 5.97 Å². The van der Waals surface area contributed by atoms with Crippen molar-refractivity contribution in [3.63, 3.8) is 0 Å². The van der Waals surface area contributed by atoms with Gasteiger partial charge in [-0.3, -0.25) is 14.2 Å². The van der Waals surface area contributed by atoms with Crippen LogP contribution in [0.15, 0.2) is 23.0 Å². The number of thiazole rings is 1. The zero-order chi connectivity index (χ0) is 23.8. The molecule has 9 nitrogen and oxygen atoms in total. The molecule has 33 heavy (non-hydrogen) atoms. The van der Waals surface area contributed by atoms with E-state index in [1.165, 1.54) is 10.6 Å². The molecular formula is C23H28N2O7S. The van der Waals surface area contributed by atoms with Crippen LogP contribution in [-0.2, 0) is 25.6 Å². The Morgan fingerprint density at radius 1 is 1.15 bits per heavy atom. The molecule has 178 valence electrons. The summed E-state index contributed by atoms with van der Waals surface area (Å²) < 4.78 is 23.3. The van der Waals surface area contributed by atoms with Crippen LogP contribution in [0.3, 0.4) is 0 Å². The van der Waals surface area contributed by atoms with Crippen LogP contribution in [0.1, 0.15) is 19.4 Å². The van der Waals surface area contributed by atoms with Gasteiger partial charge in [0.15, 0.2) is 11.5 Å². The summed E-state index contributed by atoms with van der Waals surface area (Å²) in [5, 5.41) is 0. The lowest BCUT2D eigenvalue weighted by atomic mass is 10.2. The largest absolute Gasteiger partial charge is 0.493 e. The molecule has 1 aromatic heterocycles. The summed E-state index contributed by atoms with van der Waals surface area (Å²) in [7, 11) is 1.56. The first kappa shape index (κ1) is 24.5. The molecule has 0 atom stereocenters. The SMILES string of the molecule is CCOC(=O)/C=c1\s/c(=C/c2ccc(OC)c(OCC)c2)c(=O)n1CC(=O)N1CCOCC1. The maximum Gasteiger partial charge on any atom is 0.333 e. The van der Waals surface area contributed by atoms with E-state index in [-0.39, 0.29) is 24.6 Å². The highest BCUT2D eigenvalue weighted by Crippen LogP contribution is 2.28. The molecule has 0 saturated carbocycles. The molecule has 2 heterocycles. The number of benzene rings is 1. The number of nitrogens with zero attached hydrogens (tertiary/aromatic N) is 2. The number of methoxy groups -OCH3 is 1. The molecule has 0 N–H and O–H groups in total. The van der Waals surface area contributed by atoms with Crippen LogP contribution in [0.4, 0.5) is 0 Å². The Hall–Kier alpha value is -3.11. The van der Waals surface area contributed by atoms with Gasteiger partial charge in [-0.1, -0.05) is 6.07 Å². The summed E-state index contributed by atoms with van der Waals surface area (Å²) in [6.45, 7) is 5.96. The van der Waals surface area contributed by atoms with Crippen LogP contribution in [-0.4, -0.2) is 68.0 Å². The van der Waals surface area contributed by atoms with Crippen LogP contribution < -0.4 is 24.2 Å². The van der Waals surface area contributed by atoms with Gasteiger partial charge >= 0.3 is 5.97 Å². The zero-order valence-corrected chi connectivity index (χ0v) is 19.8. The van der Waals surface area contributed by atoms with Crippen molar-refractivity contribution < 1.29 is 28.5 Å². The third-order valence-electron chi connectivity index (χ3n) is 4.91. The van der Waals surface area contributed by atoms with Gasteiger partial charge in [-0.25, -0.2) is 4.79 Å². The molecule has 1 fully saturated rings. The van der Waals surface area contributed by atoms with Crippen molar-refractivity contribution in [2.24, 2.45) is 0 Å². The van der Waals surface area contributed by atoms with Crippen molar-refractivity contribution in [1.82, 2.24) is 9.47 Å². The van der Waals surface area contributed by atoms with Gasteiger partial charge in [0.05, 0.1) is 44.1 Å². The van der Waals surface area contributed by atoms with Gasteiger partial charge in [0.2, 0.25) is 5.91 Å². The molecule has 0 radical (unpaired) electrons. The zero-order valence-electron chi connectivity index (χ0n) is 19.0. The average molecular weight is 477 g/mol. The van der Waals surface area contributed by atoms with Crippen molar-refractivity contribution >= 4 is 35.4 Å². The molecule has 2 aromatic rings. The van der Waals surface area contributed by atoms with Gasteiger partial charge < -0.3 is 23.8 Å². The third-order valence-corrected chi connectivity index (χ3v) is 5.97. The third kappa shape index (κ3) is 6.23. The molecule has 1 saturated heterocycles. The number of hydrogen-bond donors (Lipinski definition) is 0. The molecular weight excluding hydrogens is 448 g/mol. The summed E-state index contributed by atoms with van der Waals surface area (Å²) in [6, 6.07) is 5.34. The molecule has 10 heteroatoms. The van der Waals surface area contributed by atoms with Crippen molar-refractivity contribution in [3.8, 4) is 11.5 Å². The number of carbonyl (C=O) groups is 2. The van der Waals surface area contributed by atoms with E-state index in [4.69, 9.17) is 18.9 Å². The Balaban J connectivity index is 2.04. The number of aromatic nitrogens is 1. The van der Waals surface area contributed by atoms with Gasteiger partial charge in [0, 0.05) is 13.1 Å². The van der Waals surface area contributed by atoms with Crippen LogP contribution in [0.5, 0.6) is 11.5 Å². The number of morpholine rings is 1. The van der Waals surface area contributed by atoms with Gasteiger partial charge in [0.25, 0.3) is 5.56 Å². The summed E-state index contributed by atoms with van der Waals surface area (Å²) >= 11 is 1.12. The summed E-state index contributed by atoms with van der Waals surface area (Å²) in [6.07, 6.45) is 2.95. The maximum atomic E-state index is 13.2. The Morgan fingerprint density at radius 2 is 1.91 bits per heavy atom. The van der Waals surface area contributed by atoms with Crippen LogP contribution >= 0.6 is 11.3 Å². The Bertz CT molecular complexity index is 1160. The topological polar surface area (TPSA) is 96.3 Å². The summed E-state index contributed by atoms with van der Waals surface area (Å²) in [5.41, 5.74) is 0.373. The first-order chi connectivity index (χ1) is 16.0. The molecule has 1 aromatic carbocycles. The van der Waals surface area contributed by atoms with Gasteiger partial charge in [-0.05, 0) is 37.6 Å². The van der Waals surface area contributed by atoms with Gasteiger partial charge in [0.1, 0.15) is 11.2 Å². The summed E-state index contributed by atoms with van der Waals surface area (Å²) in [5.74, 6) is 0.378. The number of carbonyl (C=O) groups excluding carboxylic acids is 2. The molecule has 0 bridgehead atoms. The monoisotopic (exact) mass is 476 g/mol. The van der Waals surface area contributed by atoms with E-state index in [1.54, 1.807) is 43.2 Å². The molecule has 1 aliphatic rings. The van der Waals surface area contributed by atoms with Crippen molar-refractivity contribution in [2.45, 2.75) is 20.4 Å². The average Bonchev–Trinajstić information content (AvgIpc) is 3.09. The number of rotatable bonds is 8. The number of ether oxygens (including phenoxy) is 4. The smallest absolute Gasteiger partial charge is 0.333 e. The highest BCUT2D eigenvalue weighted by Gasteiger charge is 2.19. The van der Waals surface area contributed by atoms with E-state index >= 15 is 0 Å². The molecule has 0 unspecified atom stereocenters. The highest BCUT2D eigenvalue weighted by atomic mass is 32.1. The second-order valence-electron chi connectivity index (χ2n) is 7.07. The second kappa shape index (κ2) is 11.7. The van der Waals surface area contributed by atoms with Crippen LogP contribution in [0.2, 0.25) is 0 Å².